The zero-order valence-corrected chi connectivity index (χ0v) is 17.1. The van der Waals surface area contributed by atoms with Gasteiger partial charge in [0.15, 0.2) is 0 Å². The van der Waals surface area contributed by atoms with E-state index in [1.807, 2.05) is 25.1 Å². The van der Waals surface area contributed by atoms with Crippen LogP contribution in [0.2, 0.25) is 0 Å². The average Bonchev–Trinajstić information content (AvgIpc) is 3.21. The van der Waals surface area contributed by atoms with Crippen molar-refractivity contribution in [2.75, 3.05) is 0 Å². The van der Waals surface area contributed by atoms with Crippen molar-refractivity contribution in [1.29, 1.82) is 0 Å². The summed E-state index contributed by atoms with van der Waals surface area (Å²) in [5.74, 6) is -1.99. The molecule has 0 spiro atoms. The van der Waals surface area contributed by atoms with Crippen LogP contribution in [0.1, 0.15) is 36.0 Å². The summed E-state index contributed by atoms with van der Waals surface area (Å²) in [5, 5.41) is 9.10. The van der Waals surface area contributed by atoms with Crippen molar-refractivity contribution in [2.24, 2.45) is 11.5 Å². The summed E-state index contributed by atoms with van der Waals surface area (Å²) in [5.41, 5.74) is 15.6. The fourth-order valence-electron chi connectivity index (χ4n) is 3.62. The number of carboxylic acid groups (broad SMARTS) is 1. The van der Waals surface area contributed by atoms with E-state index in [2.05, 4.69) is 0 Å². The largest absolute Gasteiger partial charge is 0.488 e. The summed E-state index contributed by atoms with van der Waals surface area (Å²) in [6, 6.07) is 9.03. The maximum Gasteiger partial charge on any atom is 0.351 e. The van der Waals surface area contributed by atoms with Crippen LogP contribution in [0.5, 0.6) is 5.75 Å². The van der Waals surface area contributed by atoms with Gasteiger partial charge in [0.1, 0.15) is 29.7 Å². The van der Waals surface area contributed by atoms with E-state index in [1.165, 1.54) is 24.4 Å². The molecule has 3 rings (SSSR count). The third-order valence-electron chi connectivity index (χ3n) is 5.16. The highest BCUT2D eigenvalue weighted by molar-refractivity contribution is 5.87. The van der Waals surface area contributed by atoms with E-state index in [0.29, 0.717) is 17.7 Å². The molecule has 0 aliphatic heterocycles. The van der Waals surface area contributed by atoms with E-state index in [0.717, 1.165) is 41.2 Å². The molecule has 2 aromatic carbocycles. The van der Waals surface area contributed by atoms with Crippen molar-refractivity contribution < 1.29 is 23.4 Å². The van der Waals surface area contributed by atoms with Gasteiger partial charge in [0.25, 0.3) is 0 Å². The Kier molecular flexibility index (Phi) is 6.74. The van der Waals surface area contributed by atoms with Gasteiger partial charge in [0.05, 0.1) is 0 Å². The molecule has 2 aromatic rings. The number of halogens is 2. The van der Waals surface area contributed by atoms with E-state index in [4.69, 9.17) is 21.3 Å². The van der Waals surface area contributed by atoms with Crippen molar-refractivity contribution in [3.63, 3.8) is 0 Å². The SMILES string of the molecule is Cc1ccc(OCc2ccc(F)cc2F)c(C2=C(C(/C=C(\N)C(=O)O)=C/N)CCC2)c1. The van der Waals surface area contributed by atoms with Crippen molar-refractivity contribution in [3.05, 3.63) is 93.8 Å². The van der Waals surface area contributed by atoms with Crippen LogP contribution in [0.15, 0.2) is 65.5 Å². The Morgan fingerprint density at radius 2 is 1.97 bits per heavy atom. The van der Waals surface area contributed by atoms with Crippen LogP contribution in [0.3, 0.4) is 0 Å². The predicted octanol–water partition coefficient (Wildman–Crippen LogP) is 4.56. The number of benzene rings is 2. The van der Waals surface area contributed by atoms with Gasteiger partial charge in [-0.05, 0) is 73.2 Å². The van der Waals surface area contributed by atoms with Gasteiger partial charge in [0.2, 0.25) is 0 Å². The van der Waals surface area contributed by atoms with E-state index in [1.54, 1.807) is 0 Å². The first-order valence-corrected chi connectivity index (χ1v) is 9.82. The summed E-state index contributed by atoms with van der Waals surface area (Å²) in [6.07, 6.45) is 5.02. The van der Waals surface area contributed by atoms with E-state index in [-0.39, 0.29) is 17.9 Å². The van der Waals surface area contributed by atoms with Gasteiger partial charge in [-0.15, -0.1) is 0 Å². The highest BCUT2D eigenvalue weighted by Crippen LogP contribution is 2.42. The van der Waals surface area contributed by atoms with Gasteiger partial charge < -0.3 is 21.3 Å². The molecule has 0 radical (unpaired) electrons. The maximum atomic E-state index is 14.0. The van der Waals surface area contributed by atoms with Crippen LogP contribution in [0.4, 0.5) is 8.78 Å². The lowest BCUT2D eigenvalue weighted by molar-refractivity contribution is -0.132. The summed E-state index contributed by atoms with van der Waals surface area (Å²) in [4.78, 5) is 11.1. The minimum Gasteiger partial charge on any atom is -0.488 e. The zero-order valence-electron chi connectivity index (χ0n) is 17.1. The number of aryl methyl sites for hydroxylation is 1. The van der Waals surface area contributed by atoms with E-state index in [9.17, 15) is 13.6 Å². The van der Waals surface area contributed by atoms with Crippen LogP contribution >= 0.6 is 0 Å². The fraction of sp³-hybridized carbons (Fsp3) is 0.208. The monoisotopic (exact) mass is 426 g/mol. The highest BCUT2D eigenvalue weighted by Gasteiger charge is 2.22. The summed E-state index contributed by atoms with van der Waals surface area (Å²) in [7, 11) is 0. The molecule has 0 fully saturated rings. The molecule has 0 amide bonds. The number of aliphatic carboxylic acids is 1. The van der Waals surface area contributed by atoms with Gasteiger partial charge in [-0.1, -0.05) is 11.6 Å². The first-order chi connectivity index (χ1) is 14.8. The van der Waals surface area contributed by atoms with Gasteiger partial charge in [-0.25, -0.2) is 13.6 Å². The lowest BCUT2D eigenvalue weighted by Crippen LogP contribution is -2.10. The topological polar surface area (TPSA) is 98.6 Å². The Balaban J connectivity index is 1.99. The number of carboxylic acids is 1. The molecule has 0 aromatic heterocycles. The number of nitrogens with two attached hydrogens (primary N) is 2. The van der Waals surface area contributed by atoms with Crippen LogP contribution in [0.25, 0.3) is 5.57 Å². The lowest BCUT2D eigenvalue weighted by Gasteiger charge is -2.16. The van der Waals surface area contributed by atoms with Gasteiger partial charge in [-0.3, -0.25) is 0 Å². The minimum absolute atomic E-state index is 0.0593. The van der Waals surface area contributed by atoms with Gasteiger partial charge in [-0.2, -0.15) is 0 Å². The van der Waals surface area contributed by atoms with Crippen molar-refractivity contribution >= 4 is 11.5 Å². The Labute approximate surface area is 179 Å². The van der Waals surface area contributed by atoms with Crippen molar-refractivity contribution in [1.82, 2.24) is 0 Å². The standard InChI is InChI=1S/C24H24F2N2O3/c1-14-5-8-23(31-13-15-6-7-17(25)11-21(15)26)20(9-14)19-4-2-3-18(19)16(12-27)10-22(28)24(29)30/h5-12H,2-4,13,27-28H2,1H3,(H,29,30)/b16-12+,22-10-. The molecule has 1 aliphatic carbocycles. The van der Waals surface area contributed by atoms with Crippen LogP contribution in [-0.4, -0.2) is 11.1 Å². The summed E-state index contributed by atoms with van der Waals surface area (Å²) >= 11 is 0. The second-order valence-electron chi connectivity index (χ2n) is 7.36. The Morgan fingerprint density at radius 1 is 1.19 bits per heavy atom. The second kappa shape index (κ2) is 9.47. The molecule has 7 heteroatoms. The third kappa shape index (κ3) is 5.12. The van der Waals surface area contributed by atoms with Crippen molar-refractivity contribution in [3.8, 4) is 5.75 Å². The molecule has 5 N–H and O–H groups in total. The maximum absolute atomic E-state index is 14.0. The van der Waals surface area contributed by atoms with Gasteiger partial charge >= 0.3 is 5.97 Å². The minimum atomic E-state index is -1.22. The third-order valence-corrected chi connectivity index (χ3v) is 5.16. The normalized spacial score (nSPS) is 14.8. The molecule has 0 bridgehead atoms. The molecular weight excluding hydrogens is 402 g/mol. The summed E-state index contributed by atoms with van der Waals surface area (Å²) in [6.45, 7) is 1.89. The van der Waals surface area contributed by atoms with Crippen LogP contribution in [0, 0.1) is 18.6 Å². The molecule has 0 heterocycles. The molecule has 162 valence electrons. The van der Waals surface area contributed by atoms with Crippen LogP contribution in [-0.2, 0) is 11.4 Å². The Bertz CT molecular complexity index is 1100. The average molecular weight is 426 g/mol. The molecule has 0 atom stereocenters. The Morgan fingerprint density at radius 3 is 2.65 bits per heavy atom. The molecular formula is C24H24F2N2O3. The Hall–Kier alpha value is -3.61. The molecule has 5 nitrogen and oxygen atoms in total. The fourth-order valence-corrected chi connectivity index (χ4v) is 3.62. The van der Waals surface area contributed by atoms with Crippen LogP contribution < -0.4 is 16.2 Å². The quantitative estimate of drug-likeness (QED) is 0.445. The number of ether oxygens (including phenoxy) is 1. The molecule has 1 aliphatic rings. The first kappa shape index (κ1) is 22.1. The lowest BCUT2D eigenvalue weighted by atomic mass is 9.95. The number of carbonyl (C=O) groups is 1. The highest BCUT2D eigenvalue weighted by atomic mass is 19.1. The first-order valence-electron chi connectivity index (χ1n) is 9.82. The second-order valence-corrected chi connectivity index (χ2v) is 7.36. The van der Waals surface area contributed by atoms with Gasteiger partial charge in [0, 0.05) is 23.4 Å². The number of hydrogen-bond donors (Lipinski definition) is 3. The van der Waals surface area contributed by atoms with E-state index < -0.39 is 17.6 Å². The van der Waals surface area contributed by atoms with E-state index >= 15 is 0 Å². The summed E-state index contributed by atoms with van der Waals surface area (Å²) < 4.78 is 33.1. The molecule has 0 saturated heterocycles. The molecule has 31 heavy (non-hydrogen) atoms. The number of rotatable bonds is 7. The molecule has 0 unspecified atom stereocenters. The zero-order chi connectivity index (χ0) is 22.5. The number of allylic oxidation sites excluding steroid dienone is 4. The molecule has 0 saturated carbocycles. The predicted molar refractivity (Wildman–Crippen MR) is 115 cm³/mol. The smallest absolute Gasteiger partial charge is 0.351 e. The van der Waals surface area contributed by atoms with Crippen molar-refractivity contribution in [2.45, 2.75) is 32.8 Å². The number of hydrogen-bond acceptors (Lipinski definition) is 4.